The number of carbonyl (C=O) groups excluding carboxylic acids is 3. The molecule has 2 aliphatic rings. The van der Waals surface area contributed by atoms with Crippen LogP contribution in [0.15, 0.2) is 48.5 Å². The lowest BCUT2D eigenvalue weighted by molar-refractivity contribution is -0.145. The van der Waals surface area contributed by atoms with E-state index >= 15 is 0 Å². The number of carbonyl (C=O) groups is 3. The van der Waals surface area contributed by atoms with Crippen molar-refractivity contribution < 1.29 is 37.5 Å². The van der Waals surface area contributed by atoms with Crippen LogP contribution in [0.3, 0.4) is 0 Å². The molecule has 2 aliphatic heterocycles. The van der Waals surface area contributed by atoms with Crippen molar-refractivity contribution >= 4 is 36.2 Å². The van der Waals surface area contributed by atoms with Crippen LogP contribution in [0.4, 0.5) is 8.78 Å². The maximum atomic E-state index is 14.3. The Morgan fingerprint density at radius 1 is 1.09 bits per heavy atom. The maximum absolute atomic E-state index is 14.3. The molecule has 2 aromatic carbocycles. The van der Waals surface area contributed by atoms with Crippen molar-refractivity contribution in [3.63, 3.8) is 0 Å². The van der Waals surface area contributed by atoms with Gasteiger partial charge < -0.3 is 35.6 Å². The minimum absolute atomic E-state index is 0.0192. The highest BCUT2D eigenvalue weighted by atomic mass is 31.2. The van der Waals surface area contributed by atoms with E-state index in [0.29, 0.717) is 57.4 Å². The molecule has 0 radical (unpaired) electrons. The van der Waals surface area contributed by atoms with Gasteiger partial charge in [0, 0.05) is 36.1 Å². The lowest BCUT2D eigenvalue weighted by Gasteiger charge is -2.35. The Kier molecular flexibility index (Phi) is 9.22. The molecule has 0 bridgehead atoms. The number of hydrogen-bond acceptors (Lipinski definition) is 5. The topological polar surface area (TPSA) is 169 Å². The molecule has 236 valence electrons. The van der Waals surface area contributed by atoms with E-state index in [1.54, 1.807) is 9.80 Å². The van der Waals surface area contributed by atoms with Crippen LogP contribution >= 0.6 is 7.60 Å². The molecule has 1 fully saturated rings. The van der Waals surface area contributed by atoms with E-state index < -0.39 is 36.8 Å². The average molecular weight is 632 g/mol. The fraction of sp³-hybridized carbons (Fsp3) is 0.433. The highest BCUT2D eigenvalue weighted by Gasteiger charge is 2.50. The molecule has 5 rings (SSSR count). The smallest absolute Gasteiger partial charge is 0.351 e. The third kappa shape index (κ3) is 6.41. The second-order valence-corrected chi connectivity index (χ2v) is 13.0. The molecule has 14 heteroatoms. The predicted molar refractivity (Wildman–Crippen MR) is 159 cm³/mol. The molecule has 1 aromatic heterocycles. The molecule has 2 atom stereocenters. The number of aromatic nitrogens is 1. The minimum Gasteiger partial charge on any atom is -0.351 e. The van der Waals surface area contributed by atoms with Gasteiger partial charge in [0.2, 0.25) is 11.8 Å². The molecule has 3 heterocycles. The Labute approximate surface area is 252 Å². The molecule has 3 amide bonds. The number of benzene rings is 2. The molecule has 2 unspecified atom stereocenters. The number of likely N-dealkylation sites (tertiary alicyclic amines) is 1. The number of nitrogens with zero attached hydrogens (tertiary/aromatic N) is 2. The van der Waals surface area contributed by atoms with Gasteiger partial charge in [0.1, 0.15) is 17.8 Å². The van der Waals surface area contributed by atoms with Crippen LogP contribution < -0.4 is 11.1 Å². The van der Waals surface area contributed by atoms with E-state index in [1.807, 2.05) is 18.2 Å². The summed E-state index contributed by atoms with van der Waals surface area (Å²) in [4.78, 5) is 65.1. The number of halogens is 2. The van der Waals surface area contributed by atoms with Gasteiger partial charge in [-0.2, -0.15) is 8.78 Å². The fourth-order valence-electron chi connectivity index (χ4n) is 5.98. The van der Waals surface area contributed by atoms with Gasteiger partial charge in [-0.05, 0) is 74.4 Å². The molecular formula is C30H36F2N5O6P. The second kappa shape index (κ2) is 12.8. The molecule has 0 aliphatic carbocycles. The maximum Gasteiger partial charge on any atom is 0.399 e. The zero-order valence-corrected chi connectivity index (χ0v) is 24.9. The van der Waals surface area contributed by atoms with Crippen molar-refractivity contribution in [2.24, 2.45) is 5.73 Å². The number of amides is 3. The molecule has 6 N–H and O–H groups in total. The van der Waals surface area contributed by atoms with Crippen LogP contribution in [-0.2, 0) is 32.8 Å². The quantitative estimate of drug-likeness (QED) is 0.169. The Morgan fingerprint density at radius 2 is 1.84 bits per heavy atom. The van der Waals surface area contributed by atoms with Gasteiger partial charge in [-0.3, -0.25) is 18.9 Å². The Balaban J connectivity index is 1.32. The van der Waals surface area contributed by atoms with E-state index in [9.17, 15) is 27.7 Å². The van der Waals surface area contributed by atoms with Gasteiger partial charge >= 0.3 is 13.3 Å². The monoisotopic (exact) mass is 631 g/mol. The number of nitrogens with one attached hydrogen (secondary N) is 2. The summed E-state index contributed by atoms with van der Waals surface area (Å²) in [6, 6.07) is 10.7. The van der Waals surface area contributed by atoms with Crippen LogP contribution in [0.25, 0.3) is 10.9 Å². The van der Waals surface area contributed by atoms with E-state index in [2.05, 4.69) is 16.4 Å². The molecule has 11 nitrogen and oxygen atoms in total. The summed E-state index contributed by atoms with van der Waals surface area (Å²) < 4.78 is 39.8. The van der Waals surface area contributed by atoms with Gasteiger partial charge in [0.15, 0.2) is 0 Å². The standard InChI is InChI=1S/C30H36F2N5O6P/c31-30(32,44(41,42)43)22-10-11-23-21(16-22)17-25(34-23)27(38)35-24(8-3-4-13-33)28(39)37-14-5-9-26(37)29(40)36-15-12-19-6-1-2-7-20(19)18-36/h1-2,6-7,10-11,16-17,24,26,34H,3-5,8-9,12-15,18,33H2,(H,35,38)(H2,41,42,43). The molecular weight excluding hydrogens is 595 g/mol. The zero-order valence-electron chi connectivity index (χ0n) is 24.0. The van der Waals surface area contributed by atoms with Crippen molar-refractivity contribution in [3.8, 4) is 0 Å². The number of aromatic amines is 1. The van der Waals surface area contributed by atoms with Gasteiger partial charge in [0.25, 0.3) is 5.91 Å². The highest BCUT2D eigenvalue weighted by molar-refractivity contribution is 7.52. The normalized spacial score (nSPS) is 17.9. The first-order chi connectivity index (χ1) is 20.9. The third-order valence-corrected chi connectivity index (χ3v) is 9.38. The minimum atomic E-state index is -5.77. The summed E-state index contributed by atoms with van der Waals surface area (Å²) in [5.74, 6) is -1.15. The summed E-state index contributed by atoms with van der Waals surface area (Å²) in [6.07, 6.45) is 3.38. The molecule has 3 aromatic rings. The highest BCUT2D eigenvalue weighted by Crippen LogP contribution is 2.59. The van der Waals surface area contributed by atoms with Crippen LogP contribution in [0, 0.1) is 0 Å². The molecule has 44 heavy (non-hydrogen) atoms. The molecule has 0 spiro atoms. The number of H-pyrrole nitrogens is 1. The summed E-state index contributed by atoms with van der Waals surface area (Å²) in [6.45, 7) is 1.82. The zero-order chi connectivity index (χ0) is 31.6. The van der Waals surface area contributed by atoms with E-state index in [-0.39, 0.29) is 29.3 Å². The number of alkyl halides is 2. The lowest BCUT2D eigenvalue weighted by Crippen LogP contribution is -2.54. The van der Waals surface area contributed by atoms with Crippen molar-refractivity contribution in [1.82, 2.24) is 20.1 Å². The molecule has 1 saturated heterocycles. The van der Waals surface area contributed by atoms with Gasteiger partial charge in [-0.15, -0.1) is 0 Å². The number of fused-ring (bicyclic) bond motifs is 2. The summed E-state index contributed by atoms with van der Waals surface area (Å²) >= 11 is 0. The van der Waals surface area contributed by atoms with Crippen molar-refractivity contribution in [3.05, 3.63) is 70.9 Å². The van der Waals surface area contributed by atoms with Crippen LogP contribution in [0.2, 0.25) is 0 Å². The first-order valence-corrected chi connectivity index (χ1v) is 16.3. The number of hydrogen-bond donors (Lipinski definition) is 5. The van der Waals surface area contributed by atoms with E-state index in [4.69, 9.17) is 15.5 Å². The first-order valence-electron chi connectivity index (χ1n) is 14.6. The fourth-order valence-corrected chi connectivity index (χ4v) is 6.45. The summed E-state index contributed by atoms with van der Waals surface area (Å²) in [5.41, 5.74) is 2.94. The largest absolute Gasteiger partial charge is 0.399 e. The van der Waals surface area contributed by atoms with Crippen LogP contribution in [-0.4, -0.2) is 74.0 Å². The number of rotatable bonds is 10. The van der Waals surface area contributed by atoms with Gasteiger partial charge in [0.05, 0.1) is 0 Å². The van der Waals surface area contributed by atoms with Crippen LogP contribution in [0.5, 0.6) is 0 Å². The summed E-state index contributed by atoms with van der Waals surface area (Å²) in [7, 11) is -5.77. The molecule has 0 saturated carbocycles. The second-order valence-electron chi connectivity index (χ2n) is 11.3. The van der Waals surface area contributed by atoms with Crippen molar-refractivity contribution in [2.45, 2.75) is 62.8 Å². The third-order valence-electron chi connectivity index (χ3n) is 8.39. The van der Waals surface area contributed by atoms with Crippen LogP contribution in [0.1, 0.15) is 59.3 Å². The Hall–Kier alpha value is -3.64. The lowest BCUT2D eigenvalue weighted by atomic mass is 9.99. The first kappa shape index (κ1) is 31.8. The predicted octanol–water partition coefficient (Wildman–Crippen LogP) is 3.20. The van der Waals surface area contributed by atoms with E-state index in [1.165, 1.54) is 17.7 Å². The SMILES string of the molecule is NCCCCC(NC(=O)c1cc2cc(C(F)(F)P(=O)(O)O)ccc2[nH]1)C(=O)N1CCCC1C(=O)N1CCc2ccccc2C1. The van der Waals surface area contributed by atoms with E-state index in [0.717, 1.165) is 24.1 Å². The van der Waals surface area contributed by atoms with Gasteiger partial charge in [-0.25, -0.2) is 0 Å². The number of unbranched alkanes of at least 4 members (excludes halogenated alkanes) is 1. The number of nitrogens with two attached hydrogens (primary N) is 1. The average Bonchev–Trinajstić information content (AvgIpc) is 3.66. The van der Waals surface area contributed by atoms with Gasteiger partial charge in [-0.1, -0.05) is 30.3 Å². The Morgan fingerprint density at radius 3 is 2.57 bits per heavy atom. The van der Waals surface area contributed by atoms with Crippen molar-refractivity contribution in [1.29, 1.82) is 0 Å². The van der Waals surface area contributed by atoms with Crippen molar-refractivity contribution in [2.75, 3.05) is 19.6 Å². The summed E-state index contributed by atoms with van der Waals surface area (Å²) in [5, 5.41) is 2.89. The Bertz CT molecular complexity index is 1610.